The zero-order valence-electron chi connectivity index (χ0n) is 12.7. The van der Waals surface area contributed by atoms with Crippen molar-refractivity contribution in [3.05, 3.63) is 35.7 Å². The lowest BCUT2D eigenvalue weighted by Crippen LogP contribution is -2.32. The van der Waals surface area contributed by atoms with Crippen LogP contribution >= 0.6 is 11.8 Å². The first kappa shape index (κ1) is 17.7. The number of halogens is 3. The Kier molecular flexibility index (Phi) is 4.27. The van der Waals surface area contributed by atoms with Crippen LogP contribution < -0.4 is 0 Å². The Balaban J connectivity index is 1.72. The molecule has 0 fully saturated rings. The maximum Gasteiger partial charge on any atom is 0.451 e. The molecule has 134 valence electrons. The highest BCUT2D eigenvalue weighted by molar-refractivity contribution is 7.99. The van der Waals surface area contributed by atoms with Gasteiger partial charge < -0.3 is 4.57 Å². The number of amides is 1. The van der Waals surface area contributed by atoms with Gasteiger partial charge in [0.1, 0.15) is 4.90 Å². The van der Waals surface area contributed by atoms with Gasteiger partial charge in [0.2, 0.25) is 5.82 Å². The van der Waals surface area contributed by atoms with Gasteiger partial charge in [-0.15, -0.1) is 10.2 Å². The summed E-state index contributed by atoms with van der Waals surface area (Å²) >= 11 is 0.883. The van der Waals surface area contributed by atoms with Crippen LogP contribution in [-0.4, -0.2) is 45.7 Å². The number of benzene rings is 1. The average molecular weight is 392 g/mol. The number of alkyl halides is 3. The summed E-state index contributed by atoms with van der Waals surface area (Å²) in [4.78, 5) is 12.1. The van der Waals surface area contributed by atoms with Gasteiger partial charge in [0.25, 0.3) is 15.9 Å². The van der Waals surface area contributed by atoms with Crippen LogP contribution in [0.15, 0.2) is 34.3 Å². The number of nitrogens with zero attached hydrogens (tertiary/aromatic N) is 4. The van der Waals surface area contributed by atoms with Gasteiger partial charge in [-0.25, -0.2) is 12.7 Å². The summed E-state index contributed by atoms with van der Waals surface area (Å²) in [7, 11) is -2.77. The van der Waals surface area contributed by atoms with Crippen LogP contribution in [0.2, 0.25) is 0 Å². The number of sulfonamides is 1. The van der Waals surface area contributed by atoms with Crippen LogP contribution in [0.25, 0.3) is 0 Å². The molecule has 2 heterocycles. The van der Waals surface area contributed by atoms with Gasteiger partial charge in [-0.05, 0) is 12.1 Å². The van der Waals surface area contributed by atoms with Crippen molar-refractivity contribution < 1.29 is 26.4 Å². The summed E-state index contributed by atoms with van der Waals surface area (Å²) in [5.74, 6) is -1.75. The molecule has 1 aromatic carbocycles. The van der Waals surface area contributed by atoms with Gasteiger partial charge in [-0.3, -0.25) is 4.79 Å². The second-order valence-corrected chi connectivity index (χ2v) is 7.98. The maximum absolute atomic E-state index is 12.7. The molecule has 0 radical (unpaired) electrons. The summed E-state index contributed by atoms with van der Waals surface area (Å²) in [6, 6.07) is 5.83. The van der Waals surface area contributed by atoms with Crippen molar-refractivity contribution in [1.82, 2.24) is 19.1 Å². The average Bonchev–Trinajstić information content (AvgIpc) is 2.99. The molecule has 25 heavy (non-hydrogen) atoms. The van der Waals surface area contributed by atoms with E-state index in [-0.39, 0.29) is 27.9 Å². The highest BCUT2D eigenvalue weighted by atomic mass is 32.2. The van der Waals surface area contributed by atoms with Crippen molar-refractivity contribution in [3.8, 4) is 0 Å². The number of thioether (sulfide) groups is 1. The van der Waals surface area contributed by atoms with Crippen molar-refractivity contribution in [2.24, 2.45) is 7.05 Å². The van der Waals surface area contributed by atoms with E-state index in [0.717, 1.165) is 16.3 Å². The molecule has 1 aromatic heterocycles. The van der Waals surface area contributed by atoms with E-state index >= 15 is 0 Å². The summed E-state index contributed by atoms with van der Waals surface area (Å²) in [5.41, 5.74) is 0.0884. The first-order valence-corrected chi connectivity index (χ1v) is 9.32. The van der Waals surface area contributed by atoms with E-state index in [1.165, 1.54) is 25.2 Å². The van der Waals surface area contributed by atoms with E-state index in [9.17, 15) is 26.4 Å². The fourth-order valence-electron chi connectivity index (χ4n) is 2.36. The van der Waals surface area contributed by atoms with E-state index in [1.54, 1.807) is 6.07 Å². The van der Waals surface area contributed by atoms with Crippen LogP contribution in [0.4, 0.5) is 13.2 Å². The fourth-order valence-corrected chi connectivity index (χ4v) is 4.88. The van der Waals surface area contributed by atoms with Crippen LogP contribution in [0.1, 0.15) is 16.2 Å². The van der Waals surface area contributed by atoms with E-state index < -0.39 is 27.9 Å². The van der Waals surface area contributed by atoms with E-state index in [0.29, 0.717) is 4.31 Å². The predicted molar refractivity (Wildman–Crippen MR) is 81.4 cm³/mol. The number of fused-ring (bicyclic) bond motifs is 1. The topological polar surface area (TPSA) is 85.2 Å². The molecule has 0 spiro atoms. The summed E-state index contributed by atoms with van der Waals surface area (Å²) in [5, 5.41) is 6.51. The van der Waals surface area contributed by atoms with E-state index in [4.69, 9.17) is 0 Å². The lowest BCUT2D eigenvalue weighted by atomic mass is 10.2. The van der Waals surface area contributed by atoms with Gasteiger partial charge in [-0.1, -0.05) is 23.9 Å². The Hall–Kier alpha value is -2.08. The molecule has 2 aromatic rings. The molecule has 1 amide bonds. The molecule has 0 atom stereocenters. The second-order valence-electron chi connectivity index (χ2n) is 5.09. The lowest BCUT2D eigenvalue weighted by Gasteiger charge is -2.14. The molecular weight excluding hydrogens is 381 g/mol. The van der Waals surface area contributed by atoms with Crippen molar-refractivity contribution in [2.75, 3.05) is 12.3 Å². The van der Waals surface area contributed by atoms with Gasteiger partial charge in [0.05, 0.1) is 5.56 Å². The van der Waals surface area contributed by atoms with Crippen molar-refractivity contribution in [2.45, 2.75) is 16.2 Å². The molecule has 1 aliphatic heterocycles. The summed E-state index contributed by atoms with van der Waals surface area (Å²) in [6.07, 6.45) is -4.63. The Bertz CT molecular complexity index is 940. The fraction of sp³-hybridized carbons (Fsp3) is 0.308. The maximum atomic E-state index is 12.7. The minimum atomic E-state index is -4.63. The minimum absolute atomic E-state index is 0.0196. The number of rotatable bonds is 4. The standard InChI is InChI=1S/C13H11F3N4O3S2/c1-19-11(13(14,15)16)17-18-12(19)24-7-6-20-10(21)8-4-2-3-5-9(8)25(20,22)23/h2-5H,6-7H2,1H3. The molecule has 0 N–H and O–H groups in total. The number of hydrogen-bond donors (Lipinski definition) is 0. The molecule has 0 saturated carbocycles. The monoisotopic (exact) mass is 392 g/mol. The van der Waals surface area contributed by atoms with Crippen LogP contribution in [0.3, 0.4) is 0 Å². The lowest BCUT2D eigenvalue weighted by molar-refractivity contribution is -0.147. The molecule has 7 nitrogen and oxygen atoms in total. The molecule has 3 rings (SSSR count). The normalized spacial score (nSPS) is 16.3. The SMILES string of the molecule is Cn1c(SCCN2C(=O)c3ccccc3S2(=O)=O)nnc1C(F)(F)F. The number of carbonyl (C=O) groups excluding carboxylic acids is 1. The van der Waals surface area contributed by atoms with Crippen LogP contribution in [0, 0.1) is 0 Å². The zero-order chi connectivity index (χ0) is 18.4. The second kappa shape index (κ2) is 6.02. The Morgan fingerprint density at radius 3 is 2.48 bits per heavy atom. The van der Waals surface area contributed by atoms with Crippen molar-refractivity contribution in [3.63, 3.8) is 0 Å². The number of hydrogen-bond acceptors (Lipinski definition) is 6. The van der Waals surface area contributed by atoms with Gasteiger partial charge in [0.15, 0.2) is 5.16 Å². The highest BCUT2D eigenvalue weighted by Gasteiger charge is 2.41. The third-order valence-corrected chi connectivity index (χ3v) is 6.37. The zero-order valence-corrected chi connectivity index (χ0v) is 14.3. The smallest absolute Gasteiger partial charge is 0.302 e. The quantitative estimate of drug-likeness (QED) is 0.738. The highest BCUT2D eigenvalue weighted by Crippen LogP contribution is 2.32. The number of aromatic nitrogens is 3. The minimum Gasteiger partial charge on any atom is -0.302 e. The van der Waals surface area contributed by atoms with Gasteiger partial charge >= 0.3 is 6.18 Å². The Labute approximate surface area is 144 Å². The van der Waals surface area contributed by atoms with E-state index in [1.807, 2.05) is 0 Å². The molecule has 0 saturated heterocycles. The molecular formula is C13H11F3N4O3S2. The third-order valence-electron chi connectivity index (χ3n) is 3.53. The van der Waals surface area contributed by atoms with Crippen molar-refractivity contribution >= 4 is 27.7 Å². The molecule has 0 unspecified atom stereocenters. The predicted octanol–water partition coefficient (Wildman–Crippen LogP) is 1.77. The van der Waals surface area contributed by atoms with Crippen molar-refractivity contribution in [1.29, 1.82) is 0 Å². The van der Waals surface area contributed by atoms with Gasteiger partial charge in [-0.2, -0.15) is 13.2 Å². The molecule has 12 heteroatoms. The first-order valence-electron chi connectivity index (χ1n) is 6.89. The Morgan fingerprint density at radius 1 is 1.20 bits per heavy atom. The summed E-state index contributed by atoms with van der Waals surface area (Å²) in [6.45, 7) is -0.186. The van der Waals surface area contributed by atoms with Crippen LogP contribution in [0.5, 0.6) is 0 Å². The molecule has 0 aliphatic carbocycles. The largest absolute Gasteiger partial charge is 0.451 e. The Morgan fingerprint density at radius 2 is 1.88 bits per heavy atom. The molecule has 0 bridgehead atoms. The third kappa shape index (κ3) is 2.99. The molecule has 1 aliphatic rings. The van der Waals surface area contributed by atoms with Gasteiger partial charge in [0, 0.05) is 19.3 Å². The first-order chi connectivity index (χ1) is 11.6. The summed E-state index contributed by atoms with van der Waals surface area (Å²) < 4.78 is 64.2. The van der Waals surface area contributed by atoms with E-state index in [2.05, 4.69) is 10.2 Å². The number of carbonyl (C=O) groups is 1. The van der Waals surface area contributed by atoms with Crippen LogP contribution in [-0.2, 0) is 23.2 Å².